The molecule has 1 amide bonds. The summed E-state index contributed by atoms with van der Waals surface area (Å²) >= 11 is 0. The van der Waals surface area contributed by atoms with E-state index < -0.39 is 9.84 Å². The van der Waals surface area contributed by atoms with Gasteiger partial charge in [0.25, 0.3) is 5.91 Å². The molecule has 0 spiro atoms. The predicted molar refractivity (Wildman–Crippen MR) is 86.9 cm³/mol. The number of nitrogens with zero attached hydrogens (tertiary/aromatic N) is 1. The van der Waals surface area contributed by atoms with Gasteiger partial charge in [-0.05, 0) is 43.4 Å². The molecule has 0 aromatic heterocycles. The first-order chi connectivity index (χ1) is 10.9. The molecule has 0 unspecified atom stereocenters. The highest BCUT2D eigenvalue weighted by Gasteiger charge is 2.28. The average Bonchev–Trinajstić information content (AvgIpc) is 3.14. The van der Waals surface area contributed by atoms with Crippen molar-refractivity contribution in [2.45, 2.75) is 19.3 Å². The number of benzene rings is 1. The third-order valence-electron chi connectivity index (χ3n) is 4.53. The molecule has 0 aliphatic carbocycles. The van der Waals surface area contributed by atoms with Gasteiger partial charge in [-0.3, -0.25) is 4.79 Å². The molecule has 0 saturated carbocycles. The molecule has 1 aromatic rings. The number of carbonyl (C=O) groups excluding carboxylic acids is 1. The minimum atomic E-state index is -2.95. The molecule has 2 aliphatic rings. The minimum Gasteiger partial charge on any atom is -0.369 e. The molecule has 2 saturated heterocycles. The Morgan fingerprint density at radius 3 is 2.65 bits per heavy atom. The fraction of sp³-hybridized carbons (Fsp3) is 0.562. The SMILES string of the molecule is O=C(NC[C@@H]1CCS(=O)(=O)C1)c1ccc(N2CCCC2)c(F)c1. The number of carbonyl (C=O) groups is 1. The zero-order chi connectivity index (χ0) is 16.4. The molecule has 0 bridgehead atoms. The standard InChI is InChI=1S/C16H21FN2O3S/c17-14-9-13(3-4-15(14)19-6-1-2-7-19)16(20)18-10-12-5-8-23(21,22)11-12/h3-4,9,12H,1-2,5-8,10-11H2,(H,18,20)/t12-/m0/s1. The van der Waals surface area contributed by atoms with Crippen LogP contribution in [-0.2, 0) is 9.84 Å². The summed E-state index contributed by atoms with van der Waals surface area (Å²) in [6.45, 7) is 2.00. The number of nitrogens with one attached hydrogen (secondary N) is 1. The van der Waals surface area contributed by atoms with E-state index in [0.717, 1.165) is 25.9 Å². The molecule has 5 nitrogen and oxygen atoms in total. The van der Waals surface area contributed by atoms with Gasteiger partial charge in [-0.1, -0.05) is 0 Å². The quantitative estimate of drug-likeness (QED) is 0.904. The van der Waals surface area contributed by atoms with Crippen LogP contribution < -0.4 is 10.2 Å². The lowest BCUT2D eigenvalue weighted by Crippen LogP contribution is -2.30. The van der Waals surface area contributed by atoms with Crippen molar-refractivity contribution >= 4 is 21.4 Å². The van der Waals surface area contributed by atoms with Gasteiger partial charge < -0.3 is 10.2 Å². The molecule has 1 atom stereocenters. The van der Waals surface area contributed by atoms with Crippen LogP contribution in [0.25, 0.3) is 0 Å². The smallest absolute Gasteiger partial charge is 0.251 e. The number of rotatable bonds is 4. The Kier molecular flexibility index (Phi) is 4.57. The molecule has 126 valence electrons. The lowest BCUT2D eigenvalue weighted by molar-refractivity contribution is 0.0948. The summed E-state index contributed by atoms with van der Waals surface area (Å²) in [5, 5.41) is 2.71. The Bertz CT molecular complexity index is 699. The van der Waals surface area contributed by atoms with Gasteiger partial charge in [0.05, 0.1) is 17.2 Å². The van der Waals surface area contributed by atoms with Gasteiger partial charge in [0.1, 0.15) is 5.82 Å². The summed E-state index contributed by atoms with van der Waals surface area (Å²) in [5.41, 5.74) is 0.812. The number of halogens is 1. The van der Waals surface area contributed by atoms with Crippen molar-refractivity contribution in [1.29, 1.82) is 0 Å². The summed E-state index contributed by atoms with van der Waals surface area (Å²) in [4.78, 5) is 14.1. The lowest BCUT2D eigenvalue weighted by atomic mass is 10.1. The third kappa shape index (κ3) is 3.83. The van der Waals surface area contributed by atoms with Gasteiger partial charge in [0.2, 0.25) is 0 Å². The third-order valence-corrected chi connectivity index (χ3v) is 6.37. The summed E-state index contributed by atoms with van der Waals surface area (Å²) in [6, 6.07) is 4.53. The number of hydrogen-bond donors (Lipinski definition) is 1. The second kappa shape index (κ2) is 6.47. The Morgan fingerprint density at radius 2 is 2.04 bits per heavy atom. The molecule has 2 heterocycles. The molecule has 1 aromatic carbocycles. The number of hydrogen-bond acceptors (Lipinski definition) is 4. The van der Waals surface area contributed by atoms with Crippen molar-refractivity contribution in [3.05, 3.63) is 29.6 Å². The predicted octanol–water partition coefficient (Wildman–Crippen LogP) is 1.59. The summed E-state index contributed by atoms with van der Waals surface area (Å²) < 4.78 is 37.0. The van der Waals surface area contributed by atoms with Crippen LogP contribution >= 0.6 is 0 Å². The zero-order valence-electron chi connectivity index (χ0n) is 12.9. The fourth-order valence-corrected chi connectivity index (χ4v) is 5.10. The van der Waals surface area contributed by atoms with Crippen molar-refractivity contribution in [2.75, 3.05) is 36.0 Å². The first kappa shape index (κ1) is 16.2. The molecule has 3 rings (SSSR count). The first-order valence-electron chi connectivity index (χ1n) is 7.98. The largest absolute Gasteiger partial charge is 0.369 e. The van der Waals surface area contributed by atoms with Crippen LogP contribution in [0.2, 0.25) is 0 Å². The van der Waals surface area contributed by atoms with Crippen LogP contribution in [0.3, 0.4) is 0 Å². The maximum absolute atomic E-state index is 14.2. The van der Waals surface area contributed by atoms with Crippen LogP contribution in [0.15, 0.2) is 18.2 Å². The molecule has 2 aliphatic heterocycles. The van der Waals surface area contributed by atoms with E-state index in [4.69, 9.17) is 0 Å². The molecular weight excluding hydrogens is 319 g/mol. The van der Waals surface area contributed by atoms with E-state index in [1.165, 1.54) is 6.07 Å². The fourth-order valence-electron chi connectivity index (χ4n) is 3.23. The Labute approximate surface area is 135 Å². The molecule has 0 radical (unpaired) electrons. The molecule has 7 heteroatoms. The zero-order valence-corrected chi connectivity index (χ0v) is 13.7. The van der Waals surface area contributed by atoms with Gasteiger partial charge in [-0.2, -0.15) is 0 Å². The molecule has 23 heavy (non-hydrogen) atoms. The number of sulfone groups is 1. The Hall–Kier alpha value is -1.63. The summed E-state index contributed by atoms with van der Waals surface area (Å²) in [6.07, 6.45) is 2.70. The highest BCUT2D eigenvalue weighted by Crippen LogP contribution is 2.24. The maximum atomic E-state index is 14.2. The van der Waals surface area contributed by atoms with Crippen LogP contribution in [0.1, 0.15) is 29.6 Å². The highest BCUT2D eigenvalue weighted by molar-refractivity contribution is 7.91. The van der Waals surface area contributed by atoms with Crippen LogP contribution in [-0.4, -0.2) is 45.5 Å². The molecular formula is C16H21FN2O3S. The van der Waals surface area contributed by atoms with E-state index in [1.54, 1.807) is 12.1 Å². The van der Waals surface area contributed by atoms with Gasteiger partial charge in [0, 0.05) is 25.2 Å². The van der Waals surface area contributed by atoms with Crippen molar-refractivity contribution in [2.24, 2.45) is 5.92 Å². The van der Waals surface area contributed by atoms with E-state index in [1.807, 2.05) is 4.90 Å². The first-order valence-corrected chi connectivity index (χ1v) is 9.80. The van der Waals surface area contributed by atoms with Gasteiger partial charge in [-0.25, -0.2) is 12.8 Å². The normalized spacial score (nSPS) is 23.2. The maximum Gasteiger partial charge on any atom is 0.251 e. The second-order valence-electron chi connectivity index (χ2n) is 6.34. The lowest BCUT2D eigenvalue weighted by Gasteiger charge is -2.18. The summed E-state index contributed by atoms with van der Waals surface area (Å²) in [5.74, 6) is -0.482. The Balaban J connectivity index is 1.60. The van der Waals surface area contributed by atoms with Gasteiger partial charge >= 0.3 is 0 Å². The van der Waals surface area contributed by atoms with E-state index in [2.05, 4.69) is 5.32 Å². The van der Waals surface area contributed by atoms with Crippen LogP contribution in [0.5, 0.6) is 0 Å². The topological polar surface area (TPSA) is 66.5 Å². The number of anilines is 1. The summed E-state index contributed by atoms with van der Waals surface area (Å²) in [7, 11) is -2.95. The van der Waals surface area contributed by atoms with E-state index in [-0.39, 0.29) is 34.7 Å². The van der Waals surface area contributed by atoms with Gasteiger partial charge in [0.15, 0.2) is 9.84 Å². The van der Waals surface area contributed by atoms with Crippen molar-refractivity contribution in [3.63, 3.8) is 0 Å². The molecule has 1 N–H and O–H groups in total. The van der Waals surface area contributed by atoms with E-state index in [0.29, 0.717) is 18.7 Å². The highest BCUT2D eigenvalue weighted by atomic mass is 32.2. The second-order valence-corrected chi connectivity index (χ2v) is 8.57. The monoisotopic (exact) mass is 340 g/mol. The van der Waals surface area contributed by atoms with Crippen LogP contribution in [0, 0.1) is 11.7 Å². The minimum absolute atomic E-state index is 0.0438. The Morgan fingerprint density at radius 1 is 1.30 bits per heavy atom. The van der Waals surface area contributed by atoms with Crippen LogP contribution in [0.4, 0.5) is 10.1 Å². The van der Waals surface area contributed by atoms with Gasteiger partial charge in [-0.15, -0.1) is 0 Å². The average molecular weight is 340 g/mol. The number of amides is 1. The van der Waals surface area contributed by atoms with Crippen molar-refractivity contribution < 1.29 is 17.6 Å². The van der Waals surface area contributed by atoms with Crippen molar-refractivity contribution in [1.82, 2.24) is 5.32 Å². The van der Waals surface area contributed by atoms with E-state index >= 15 is 0 Å². The molecule has 2 fully saturated rings. The van der Waals surface area contributed by atoms with Crippen molar-refractivity contribution in [3.8, 4) is 0 Å². The van der Waals surface area contributed by atoms with E-state index in [9.17, 15) is 17.6 Å².